The fraction of sp³-hybridized carbons (Fsp3) is 0.750. The number of allylic oxidation sites excluding steroid dienone is 8. The largest absolute Gasteiger partial charge is 0.469 e. The molecule has 0 radical (unpaired) electrons. The molecule has 0 aromatic carbocycles. The van der Waals surface area contributed by atoms with Crippen LogP contribution in [0.5, 0.6) is 0 Å². The number of hydrogen-bond acceptors (Lipinski definition) is 6. The monoisotopic (exact) mass is 710 g/mol. The second kappa shape index (κ2) is 35.8. The highest BCUT2D eigenvalue weighted by Crippen LogP contribution is 2.36. The molecule has 8 nitrogen and oxygen atoms in total. The lowest BCUT2D eigenvalue weighted by Crippen LogP contribution is -2.29. The van der Waals surface area contributed by atoms with E-state index in [2.05, 4.69) is 67.0 Å². The molecule has 49 heavy (non-hydrogen) atoms. The lowest BCUT2D eigenvalue weighted by molar-refractivity contribution is -0.161. The summed E-state index contributed by atoms with van der Waals surface area (Å²) in [5.74, 6) is -0.920. The molecule has 0 bridgehead atoms. The van der Waals surface area contributed by atoms with Gasteiger partial charge in [0, 0.05) is 12.8 Å². The number of carbonyl (C=O) groups is 2. The number of ether oxygens (including phenoxy) is 2. The minimum atomic E-state index is -4.76. The second-order valence-electron chi connectivity index (χ2n) is 12.9. The minimum Gasteiger partial charge on any atom is -0.462 e. The van der Waals surface area contributed by atoms with Gasteiger partial charge >= 0.3 is 19.8 Å². The van der Waals surface area contributed by atoms with Crippen molar-refractivity contribution in [1.29, 1.82) is 0 Å². The molecular weight excluding hydrogens is 639 g/mol. The summed E-state index contributed by atoms with van der Waals surface area (Å²) in [6.07, 6.45) is 42.5. The van der Waals surface area contributed by atoms with Crippen molar-refractivity contribution in [3.63, 3.8) is 0 Å². The van der Waals surface area contributed by atoms with E-state index in [9.17, 15) is 14.2 Å². The first-order valence-corrected chi connectivity index (χ1v) is 21.0. The van der Waals surface area contributed by atoms with Crippen LogP contribution in [0.3, 0.4) is 0 Å². The normalized spacial score (nSPS) is 13.0. The molecule has 0 spiro atoms. The van der Waals surface area contributed by atoms with Crippen molar-refractivity contribution in [3.05, 3.63) is 48.6 Å². The number of hydrogen-bond donors (Lipinski definition) is 2. The van der Waals surface area contributed by atoms with Crippen LogP contribution in [-0.4, -0.2) is 41.0 Å². The SMILES string of the molecule is CCC/C=C/C/C=C/C/C=C/C/C=C/CCCCCC(=O)OC[C@H](COP(=O)(O)O)OC(=O)CCCCCCCCCCCCCCCC. The van der Waals surface area contributed by atoms with Gasteiger partial charge in [-0.25, -0.2) is 4.57 Å². The molecular formula is C40H71O8P. The van der Waals surface area contributed by atoms with Crippen molar-refractivity contribution < 1.29 is 37.9 Å². The molecule has 0 fully saturated rings. The quantitative estimate of drug-likeness (QED) is 0.0289. The van der Waals surface area contributed by atoms with Crippen LogP contribution in [0.4, 0.5) is 0 Å². The van der Waals surface area contributed by atoms with Crippen LogP contribution in [0.1, 0.15) is 174 Å². The van der Waals surface area contributed by atoms with Gasteiger partial charge in [-0.2, -0.15) is 0 Å². The molecule has 0 rings (SSSR count). The second-order valence-corrected chi connectivity index (χ2v) is 14.1. The Morgan fingerprint density at radius 3 is 1.45 bits per heavy atom. The highest BCUT2D eigenvalue weighted by atomic mass is 31.2. The standard InChI is InChI=1S/C40H71O8P/c1-3-5-7-9-11-13-15-17-19-20-21-23-24-26-28-30-32-34-39(41)46-36-38(37-47-49(43,44)45)48-40(42)35-33-31-29-27-25-22-18-16-14-12-10-8-6-4-2/h7,9,13,15,19-20,23-24,38H,3-6,8,10-12,14,16-18,21-22,25-37H2,1-2H3,(H2,43,44,45)/b9-7+,15-13+,20-19+,24-23+/t38-/m1/s1. The van der Waals surface area contributed by atoms with E-state index in [4.69, 9.17) is 19.3 Å². The van der Waals surface area contributed by atoms with Gasteiger partial charge in [-0.15, -0.1) is 0 Å². The van der Waals surface area contributed by atoms with E-state index in [-0.39, 0.29) is 19.4 Å². The Bertz CT molecular complexity index is 937. The van der Waals surface area contributed by atoms with Gasteiger partial charge in [-0.05, 0) is 51.4 Å². The van der Waals surface area contributed by atoms with Crippen LogP contribution in [0.25, 0.3) is 0 Å². The molecule has 0 aliphatic heterocycles. The first kappa shape index (κ1) is 47.0. The van der Waals surface area contributed by atoms with Crippen molar-refractivity contribution in [2.75, 3.05) is 13.2 Å². The Morgan fingerprint density at radius 1 is 0.531 bits per heavy atom. The van der Waals surface area contributed by atoms with Gasteiger partial charge in [0.15, 0.2) is 6.10 Å². The van der Waals surface area contributed by atoms with Gasteiger partial charge in [0.05, 0.1) is 6.61 Å². The van der Waals surface area contributed by atoms with Crippen LogP contribution in [0, 0.1) is 0 Å². The van der Waals surface area contributed by atoms with Crippen LogP contribution in [-0.2, 0) is 28.2 Å². The van der Waals surface area contributed by atoms with E-state index in [0.717, 1.165) is 64.2 Å². The van der Waals surface area contributed by atoms with Crippen molar-refractivity contribution in [2.24, 2.45) is 0 Å². The van der Waals surface area contributed by atoms with E-state index >= 15 is 0 Å². The van der Waals surface area contributed by atoms with Gasteiger partial charge in [0.2, 0.25) is 0 Å². The lowest BCUT2D eigenvalue weighted by atomic mass is 10.0. The average molecular weight is 711 g/mol. The Kier molecular flexibility index (Phi) is 34.4. The molecule has 0 aliphatic rings. The number of rotatable bonds is 35. The van der Waals surface area contributed by atoms with Crippen LogP contribution >= 0.6 is 7.82 Å². The molecule has 0 aromatic heterocycles. The Labute approximate surface area is 299 Å². The summed E-state index contributed by atoms with van der Waals surface area (Å²) in [4.78, 5) is 42.7. The summed E-state index contributed by atoms with van der Waals surface area (Å²) in [6, 6.07) is 0. The van der Waals surface area contributed by atoms with Crippen molar-refractivity contribution in [2.45, 2.75) is 180 Å². The fourth-order valence-electron chi connectivity index (χ4n) is 5.19. The molecule has 0 aliphatic carbocycles. The van der Waals surface area contributed by atoms with E-state index in [1.165, 1.54) is 70.6 Å². The van der Waals surface area contributed by atoms with E-state index in [1.807, 2.05) is 0 Å². The molecule has 0 amide bonds. The summed E-state index contributed by atoms with van der Waals surface area (Å²) >= 11 is 0. The summed E-state index contributed by atoms with van der Waals surface area (Å²) in [5.41, 5.74) is 0. The van der Waals surface area contributed by atoms with Gasteiger partial charge in [0.25, 0.3) is 0 Å². The summed E-state index contributed by atoms with van der Waals surface area (Å²) in [7, 11) is -4.76. The van der Waals surface area contributed by atoms with E-state index in [0.29, 0.717) is 12.8 Å². The fourth-order valence-corrected chi connectivity index (χ4v) is 5.55. The molecule has 0 heterocycles. The third kappa shape index (κ3) is 38.7. The molecule has 0 saturated carbocycles. The predicted octanol–water partition coefficient (Wildman–Crippen LogP) is 11.6. The van der Waals surface area contributed by atoms with Crippen LogP contribution in [0.15, 0.2) is 48.6 Å². The molecule has 0 aromatic rings. The number of carbonyl (C=O) groups excluding carboxylic acids is 2. The van der Waals surface area contributed by atoms with Gasteiger partial charge in [0.1, 0.15) is 6.61 Å². The number of phosphoric acid groups is 1. The Balaban J connectivity index is 4.01. The summed E-state index contributed by atoms with van der Waals surface area (Å²) < 4.78 is 26.3. The van der Waals surface area contributed by atoms with Crippen molar-refractivity contribution in [1.82, 2.24) is 0 Å². The number of phosphoric ester groups is 1. The first-order valence-electron chi connectivity index (χ1n) is 19.4. The zero-order valence-corrected chi connectivity index (χ0v) is 32.0. The van der Waals surface area contributed by atoms with Crippen LogP contribution < -0.4 is 0 Å². The molecule has 0 unspecified atom stereocenters. The average Bonchev–Trinajstić information content (AvgIpc) is 3.07. The molecule has 284 valence electrons. The van der Waals surface area contributed by atoms with Gasteiger partial charge < -0.3 is 19.3 Å². The Hall–Kier alpha value is -1.99. The summed E-state index contributed by atoms with van der Waals surface area (Å²) in [5, 5.41) is 0. The number of unbranched alkanes of at least 4 members (excludes halogenated alkanes) is 17. The molecule has 1 atom stereocenters. The minimum absolute atomic E-state index is 0.206. The van der Waals surface area contributed by atoms with Gasteiger partial charge in [-0.1, -0.05) is 159 Å². The predicted molar refractivity (Wildman–Crippen MR) is 202 cm³/mol. The maximum Gasteiger partial charge on any atom is 0.469 e. The third-order valence-electron chi connectivity index (χ3n) is 8.08. The molecule has 0 saturated heterocycles. The lowest BCUT2D eigenvalue weighted by Gasteiger charge is -2.18. The van der Waals surface area contributed by atoms with Gasteiger partial charge in [-0.3, -0.25) is 14.1 Å². The van der Waals surface area contributed by atoms with Crippen molar-refractivity contribution in [3.8, 4) is 0 Å². The zero-order chi connectivity index (χ0) is 36.1. The topological polar surface area (TPSA) is 119 Å². The molecule has 2 N–H and O–H groups in total. The zero-order valence-electron chi connectivity index (χ0n) is 31.1. The van der Waals surface area contributed by atoms with E-state index < -0.39 is 32.5 Å². The third-order valence-corrected chi connectivity index (χ3v) is 8.57. The maximum absolute atomic E-state index is 12.4. The molecule has 9 heteroatoms. The van der Waals surface area contributed by atoms with E-state index in [1.54, 1.807) is 0 Å². The highest BCUT2D eigenvalue weighted by Gasteiger charge is 2.22. The van der Waals surface area contributed by atoms with Crippen molar-refractivity contribution >= 4 is 19.8 Å². The first-order chi connectivity index (χ1) is 23.8. The van der Waals surface area contributed by atoms with Crippen LogP contribution in [0.2, 0.25) is 0 Å². The Morgan fingerprint density at radius 2 is 0.959 bits per heavy atom. The summed E-state index contributed by atoms with van der Waals surface area (Å²) in [6.45, 7) is 3.58. The maximum atomic E-state index is 12.4. The highest BCUT2D eigenvalue weighted by molar-refractivity contribution is 7.46. The smallest absolute Gasteiger partial charge is 0.462 e. The number of esters is 2.